The van der Waals surface area contributed by atoms with Crippen molar-refractivity contribution in [2.75, 3.05) is 13.1 Å². The number of fused-ring (bicyclic) bond motifs is 1. The van der Waals surface area contributed by atoms with Gasteiger partial charge in [0.05, 0.1) is 27.9 Å². The van der Waals surface area contributed by atoms with Crippen LogP contribution in [0.1, 0.15) is 37.3 Å². The summed E-state index contributed by atoms with van der Waals surface area (Å²) in [6, 6.07) is 10.4. The zero-order valence-electron chi connectivity index (χ0n) is 26.3. The highest BCUT2D eigenvalue weighted by Gasteiger charge is 2.57. The Bertz CT molecular complexity index is 1710. The van der Waals surface area contributed by atoms with Gasteiger partial charge in [0.25, 0.3) is 11.4 Å². The molecule has 3 saturated heterocycles. The number of nitrogens with zero attached hydrogens (tertiary/aromatic N) is 4. The van der Waals surface area contributed by atoms with Crippen LogP contribution >= 0.6 is 11.8 Å². The van der Waals surface area contributed by atoms with Gasteiger partial charge in [0.1, 0.15) is 18.9 Å². The zero-order chi connectivity index (χ0) is 35.0. The summed E-state index contributed by atoms with van der Waals surface area (Å²) in [6.45, 7) is 1.83. The second-order valence-electron chi connectivity index (χ2n) is 12.5. The number of nitrogens with one attached hydrogen (secondary N) is 1. The molecule has 3 amide bonds. The number of hydrogen-bond acceptors (Lipinski definition) is 12. The number of hydrogen-bond donors (Lipinski definition) is 2. The lowest BCUT2D eigenvalue weighted by molar-refractivity contribution is -0.385. The first-order chi connectivity index (χ1) is 23.4. The number of esters is 1. The summed E-state index contributed by atoms with van der Waals surface area (Å²) in [5, 5.41) is 34.8. The minimum atomic E-state index is -0.931. The lowest BCUT2D eigenvalue weighted by Crippen LogP contribution is -2.61. The number of thioether (sulfide) groups is 1. The predicted molar refractivity (Wildman–Crippen MR) is 171 cm³/mol. The maximum Gasteiger partial charge on any atom is 0.410 e. The monoisotopic (exact) mass is 695 g/mol. The molecule has 4 heterocycles. The first kappa shape index (κ1) is 33.9. The van der Waals surface area contributed by atoms with Crippen molar-refractivity contribution in [1.82, 2.24) is 15.1 Å². The molecule has 1 unspecified atom stereocenters. The first-order valence-electron chi connectivity index (χ1n) is 15.7. The number of ether oxygens (including phenoxy) is 2. The summed E-state index contributed by atoms with van der Waals surface area (Å²) >= 11 is 1.35. The molecule has 6 rings (SSSR count). The Morgan fingerprint density at radius 2 is 1.55 bits per heavy atom. The van der Waals surface area contributed by atoms with Crippen LogP contribution in [-0.4, -0.2) is 85.2 Å². The highest BCUT2D eigenvalue weighted by atomic mass is 32.2. The third kappa shape index (κ3) is 6.94. The molecule has 2 N–H and O–H groups in total. The molecule has 16 nitrogen and oxygen atoms in total. The second-order valence-corrected chi connectivity index (χ2v) is 13.9. The summed E-state index contributed by atoms with van der Waals surface area (Å²) in [7, 11) is 0. The maximum absolute atomic E-state index is 13.5. The normalized spacial score (nSPS) is 25.1. The van der Waals surface area contributed by atoms with Gasteiger partial charge in [0.2, 0.25) is 11.8 Å². The van der Waals surface area contributed by atoms with Gasteiger partial charge in [-0.3, -0.25) is 29.8 Å². The fourth-order valence-electron chi connectivity index (χ4n) is 6.87. The van der Waals surface area contributed by atoms with Crippen LogP contribution in [0.2, 0.25) is 0 Å². The number of aliphatic hydroxyl groups excluding tert-OH is 1. The number of nitro benzene ring substituents is 2. The van der Waals surface area contributed by atoms with Crippen molar-refractivity contribution in [2.24, 2.45) is 11.8 Å². The third-order valence-electron chi connectivity index (χ3n) is 9.31. The molecule has 0 bridgehead atoms. The number of likely N-dealkylation sites (tertiary alicyclic amines) is 1. The molecule has 0 spiro atoms. The van der Waals surface area contributed by atoms with Crippen molar-refractivity contribution in [1.29, 1.82) is 0 Å². The fourth-order valence-corrected chi connectivity index (χ4v) is 8.36. The molecule has 0 saturated carbocycles. The molecule has 6 atom stereocenters. The number of non-ortho nitro benzene ring substituents is 2. The topological polar surface area (TPSA) is 212 Å². The number of carbonyl (C=O) groups excluding carboxylic acids is 4. The molecule has 4 aliphatic heterocycles. The Morgan fingerprint density at radius 3 is 2.08 bits per heavy atom. The molecule has 2 aromatic rings. The Kier molecular flexibility index (Phi) is 9.56. The van der Waals surface area contributed by atoms with Gasteiger partial charge in [-0.2, -0.15) is 0 Å². The number of rotatable bonds is 11. The number of β-lactam (4-membered cyclic amide) rings is 1. The molecule has 3 fully saturated rings. The van der Waals surface area contributed by atoms with Crippen molar-refractivity contribution in [3.8, 4) is 0 Å². The van der Waals surface area contributed by atoms with Gasteiger partial charge in [-0.25, -0.2) is 9.59 Å². The van der Waals surface area contributed by atoms with Gasteiger partial charge in [-0.1, -0.05) is 0 Å². The molecule has 49 heavy (non-hydrogen) atoms. The standard InChI is InChI=1S/C32H33N5O11S/c1-17(38)28-25-12-26(29(35(25)30(28)40)31(41)47-15-18-2-6-21(7-3-18)36(43)44)49-23-11-24(20-10-27(39)33-13-20)34(14-23)32(42)48-16-19-4-8-22(9-5-19)37(45)46/h2-9,17,20,23-25,28,38H,10-16H2,1H3,(H,33,39)/t17-,20?,23+,24+,25-,28-/m1/s1. The van der Waals surface area contributed by atoms with Gasteiger partial charge in [0.15, 0.2) is 0 Å². The van der Waals surface area contributed by atoms with Crippen LogP contribution in [0.15, 0.2) is 59.1 Å². The van der Waals surface area contributed by atoms with Crippen LogP contribution in [0.5, 0.6) is 0 Å². The minimum absolute atomic E-state index is 0.0762. The predicted octanol–water partition coefficient (Wildman–Crippen LogP) is 3.02. The summed E-state index contributed by atoms with van der Waals surface area (Å²) in [6.07, 6.45) is -0.521. The summed E-state index contributed by atoms with van der Waals surface area (Å²) in [4.78, 5) is 76.6. The molecule has 0 aliphatic carbocycles. The van der Waals surface area contributed by atoms with Crippen molar-refractivity contribution in [3.63, 3.8) is 0 Å². The third-order valence-corrected chi connectivity index (χ3v) is 10.6. The van der Waals surface area contributed by atoms with Crippen LogP contribution in [0.4, 0.5) is 16.2 Å². The second kappa shape index (κ2) is 13.8. The van der Waals surface area contributed by atoms with Gasteiger partial charge >= 0.3 is 12.1 Å². The van der Waals surface area contributed by atoms with Crippen molar-refractivity contribution in [2.45, 2.75) is 62.8 Å². The number of nitro groups is 2. The summed E-state index contributed by atoms with van der Waals surface area (Å²) < 4.78 is 11.2. The summed E-state index contributed by atoms with van der Waals surface area (Å²) in [5.41, 5.74) is 0.958. The molecule has 0 aromatic heterocycles. The Hall–Kier alpha value is -5.03. The van der Waals surface area contributed by atoms with Gasteiger partial charge < -0.3 is 29.7 Å². The van der Waals surface area contributed by atoms with Gasteiger partial charge in [-0.05, 0) is 48.7 Å². The first-order valence-corrected chi connectivity index (χ1v) is 16.5. The molecule has 0 radical (unpaired) electrons. The molecule has 4 aliphatic rings. The maximum atomic E-state index is 13.5. The van der Waals surface area contributed by atoms with Crippen LogP contribution in [-0.2, 0) is 37.1 Å². The van der Waals surface area contributed by atoms with Crippen LogP contribution in [0.25, 0.3) is 0 Å². The van der Waals surface area contributed by atoms with E-state index in [0.717, 1.165) is 0 Å². The highest BCUT2D eigenvalue weighted by molar-refractivity contribution is 8.03. The lowest BCUT2D eigenvalue weighted by Gasteiger charge is -2.44. The molecular weight excluding hydrogens is 662 g/mol. The van der Waals surface area contributed by atoms with Crippen LogP contribution in [0.3, 0.4) is 0 Å². The molecule has 2 aromatic carbocycles. The van der Waals surface area contributed by atoms with E-state index in [-0.39, 0.29) is 66.4 Å². The Morgan fingerprint density at radius 1 is 0.959 bits per heavy atom. The molecular formula is C32H33N5O11S. The van der Waals surface area contributed by atoms with E-state index in [4.69, 9.17) is 9.47 Å². The van der Waals surface area contributed by atoms with E-state index < -0.39 is 45.9 Å². The van der Waals surface area contributed by atoms with Crippen LogP contribution < -0.4 is 5.32 Å². The molecule has 17 heteroatoms. The highest BCUT2D eigenvalue weighted by Crippen LogP contribution is 2.50. The average Bonchev–Trinajstić information content (AvgIpc) is 3.78. The van der Waals surface area contributed by atoms with Crippen LogP contribution in [0, 0.1) is 32.1 Å². The Labute approximate surface area is 283 Å². The van der Waals surface area contributed by atoms with E-state index in [1.54, 1.807) is 4.90 Å². The lowest BCUT2D eigenvalue weighted by atomic mass is 9.83. The number of aliphatic hydroxyl groups is 1. The fraction of sp³-hybridized carbons (Fsp3) is 0.438. The minimum Gasteiger partial charge on any atom is -0.456 e. The number of carbonyl (C=O) groups is 4. The number of amides is 3. The molecule has 258 valence electrons. The number of benzene rings is 2. The zero-order valence-corrected chi connectivity index (χ0v) is 27.1. The van der Waals surface area contributed by atoms with E-state index in [2.05, 4.69) is 5.32 Å². The smallest absolute Gasteiger partial charge is 0.410 e. The van der Waals surface area contributed by atoms with Gasteiger partial charge in [0, 0.05) is 72.3 Å². The largest absolute Gasteiger partial charge is 0.456 e. The average molecular weight is 696 g/mol. The van der Waals surface area contributed by atoms with E-state index in [1.165, 1.54) is 72.1 Å². The van der Waals surface area contributed by atoms with E-state index in [1.807, 2.05) is 0 Å². The van der Waals surface area contributed by atoms with Gasteiger partial charge in [-0.15, -0.1) is 11.8 Å². The van der Waals surface area contributed by atoms with Crippen molar-refractivity contribution < 1.29 is 43.6 Å². The van der Waals surface area contributed by atoms with E-state index in [0.29, 0.717) is 35.4 Å². The van der Waals surface area contributed by atoms with E-state index >= 15 is 0 Å². The Balaban J connectivity index is 1.18. The van der Waals surface area contributed by atoms with Crippen molar-refractivity contribution >= 4 is 47.0 Å². The SMILES string of the molecule is C[C@@H](O)[C@H]1C(=O)N2C(C(=O)OCc3ccc([N+](=O)[O-])cc3)=C(S[C@H]3C[C@@H](C4CNC(=O)C4)N(C(=O)OCc4ccc([N+](=O)[O-])cc4)C3)C[C@H]12. The summed E-state index contributed by atoms with van der Waals surface area (Å²) in [5.74, 6) is -2.12. The van der Waals surface area contributed by atoms with Crippen molar-refractivity contribution in [3.05, 3.63) is 90.5 Å². The van der Waals surface area contributed by atoms with E-state index in [9.17, 15) is 44.5 Å². The quantitative estimate of drug-likeness (QED) is 0.150.